The van der Waals surface area contributed by atoms with E-state index in [1.165, 1.54) is 5.56 Å². The van der Waals surface area contributed by atoms with Gasteiger partial charge in [-0.25, -0.2) is 0 Å². The quantitative estimate of drug-likeness (QED) is 0.911. The minimum atomic E-state index is -0.994. The molecule has 2 nitrogen and oxygen atoms in total. The first-order valence-corrected chi connectivity index (χ1v) is 7.78. The molecule has 1 aromatic rings. The second-order valence-electron chi connectivity index (χ2n) is 6.19. The minimum Gasteiger partial charge on any atom is -0.327 e. The zero-order chi connectivity index (χ0) is 13.9. The first-order chi connectivity index (χ1) is 8.21. The molecule has 0 heterocycles. The Balaban J connectivity index is 2.77. The molecule has 0 aromatic heterocycles. The van der Waals surface area contributed by atoms with Crippen molar-refractivity contribution in [3.05, 3.63) is 29.8 Å². The molecule has 0 aliphatic rings. The van der Waals surface area contributed by atoms with Crippen molar-refractivity contribution in [1.82, 2.24) is 0 Å². The summed E-state index contributed by atoms with van der Waals surface area (Å²) >= 11 is 0. The third kappa shape index (κ3) is 4.21. The van der Waals surface area contributed by atoms with Crippen LogP contribution in [0.1, 0.15) is 40.2 Å². The Morgan fingerprint density at radius 3 is 2.06 bits per heavy atom. The molecule has 1 aromatic carbocycles. The molecule has 0 aliphatic heterocycles. The number of nitrogens with two attached hydrogens (primary N) is 1. The van der Waals surface area contributed by atoms with Crippen molar-refractivity contribution in [1.29, 1.82) is 0 Å². The van der Waals surface area contributed by atoms with E-state index in [0.717, 1.165) is 4.90 Å². The molecule has 3 heteroatoms. The Bertz CT molecular complexity index is 403. The molecule has 0 spiro atoms. The summed E-state index contributed by atoms with van der Waals surface area (Å²) < 4.78 is 12.2. The van der Waals surface area contributed by atoms with Gasteiger partial charge in [-0.05, 0) is 29.0 Å². The van der Waals surface area contributed by atoms with E-state index in [9.17, 15) is 4.21 Å². The molecule has 102 valence electrons. The van der Waals surface area contributed by atoms with Gasteiger partial charge >= 0.3 is 0 Å². The van der Waals surface area contributed by atoms with Crippen molar-refractivity contribution in [2.45, 2.75) is 51.0 Å². The van der Waals surface area contributed by atoms with Gasteiger partial charge in [-0.15, -0.1) is 0 Å². The van der Waals surface area contributed by atoms with Crippen LogP contribution in [0.3, 0.4) is 0 Å². The Kier molecular flexibility index (Phi) is 5.11. The van der Waals surface area contributed by atoms with Crippen LogP contribution in [-0.4, -0.2) is 16.0 Å². The van der Waals surface area contributed by atoms with Crippen molar-refractivity contribution in [2.75, 3.05) is 5.75 Å². The van der Waals surface area contributed by atoms with Gasteiger partial charge in [0, 0.05) is 16.7 Å². The first kappa shape index (κ1) is 15.4. The fraction of sp³-hybridized carbons (Fsp3) is 0.600. The topological polar surface area (TPSA) is 43.1 Å². The van der Waals surface area contributed by atoms with E-state index in [1.807, 2.05) is 12.1 Å². The van der Waals surface area contributed by atoms with Gasteiger partial charge in [-0.3, -0.25) is 4.21 Å². The van der Waals surface area contributed by atoms with Gasteiger partial charge in [-0.2, -0.15) is 0 Å². The summed E-state index contributed by atoms with van der Waals surface area (Å²) in [5.41, 5.74) is 7.35. The van der Waals surface area contributed by atoms with Crippen LogP contribution >= 0.6 is 0 Å². The second kappa shape index (κ2) is 5.98. The maximum absolute atomic E-state index is 12.2. The van der Waals surface area contributed by atoms with Crippen molar-refractivity contribution in [2.24, 2.45) is 11.7 Å². The van der Waals surface area contributed by atoms with Crippen LogP contribution in [-0.2, 0) is 16.2 Å². The number of hydrogen-bond donors (Lipinski definition) is 1. The standard InChI is InChI=1S/C15H25NOS/c1-11(2)14(16)10-18(17)13-8-6-12(7-9-13)15(3,4)5/h6-9,11,14H,10,16H2,1-5H3. The highest BCUT2D eigenvalue weighted by atomic mass is 32.2. The van der Waals surface area contributed by atoms with E-state index < -0.39 is 10.8 Å². The predicted molar refractivity (Wildman–Crippen MR) is 79.2 cm³/mol. The summed E-state index contributed by atoms with van der Waals surface area (Å²) in [4.78, 5) is 0.874. The van der Waals surface area contributed by atoms with Gasteiger partial charge in [0.15, 0.2) is 0 Å². The van der Waals surface area contributed by atoms with Crippen molar-refractivity contribution in [3.63, 3.8) is 0 Å². The van der Waals surface area contributed by atoms with Gasteiger partial charge < -0.3 is 5.73 Å². The SMILES string of the molecule is CC(C)C(N)CS(=O)c1ccc(C(C)(C)C)cc1. The van der Waals surface area contributed by atoms with Gasteiger partial charge in [0.05, 0.1) is 10.8 Å². The van der Waals surface area contributed by atoms with Crippen LogP contribution in [0.15, 0.2) is 29.2 Å². The molecular formula is C15H25NOS. The van der Waals surface area contributed by atoms with Crippen LogP contribution < -0.4 is 5.73 Å². The van der Waals surface area contributed by atoms with Crippen molar-refractivity contribution >= 4 is 10.8 Å². The fourth-order valence-electron chi connectivity index (χ4n) is 1.57. The van der Waals surface area contributed by atoms with E-state index in [2.05, 4.69) is 46.8 Å². The number of benzene rings is 1. The van der Waals surface area contributed by atoms with Gasteiger partial charge in [0.2, 0.25) is 0 Å². The lowest BCUT2D eigenvalue weighted by Gasteiger charge is -2.19. The lowest BCUT2D eigenvalue weighted by atomic mass is 9.87. The van der Waals surface area contributed by atoms with E-state index >= 15 is 0 Å². The summed E-state index contributed by atoms with van der Waals surface area (Å²) in [5, 5.41) is 0. The summed E-state index contributed by atoms with van der Waals surface area (Å²) in [6.07, 6.45) is 0. The van der Waals surface area contributed by atoms with Crippen molar-refractivity contribution in [3.8, 4) is 0 Å². The smallest absolute Gasteiger partial charge is 0.0545 e. The second-order valence-corrected chi connectivity index (χ2v) is 7.69. The third-order valence-corrected chi connectivity index (χ3v) is 4.67. The largest absolute Gasteiger partial charge is 0.327 e. The highest BCUT2D eigenvalue weighted by Gasteiger charge is 2.16. The van der Waals surface area contributed by atoms with E-state index in [0.29, 0.717) is 11.7 Å². The Morgan fingerprint density at radius 2 is 1.67 bits per heavy atom. The Hall–Kier alpha value is -0.670. The third-order valence-electron chi connectivity index (χ3n) is 3.18. The maximum atomic E-state index is 12.2. The summed E-state index contributed by atoms with van der Waals surface area (Å²) in [6.45, 7) is 10.6. The minimum absolute atomic E-state index is 0.00636. The normalized spacial score (nSPS) is 15.7. The highest BCUT2D eigenvalue weighted by Crippen LogP contribution is 2.23. The van der Waals surface area contributed by atoms with E-state index in [-0.39, 0.29) is 11.5 Å². The zero-order valence-corrected chi connectivity index (χ0v) is 12.9. The average molecular weight is 267 g/mol. The summed E-state index contributed by atoms with van der Waals surface area (Å²) in [6, 6.07) is 8.04. The first-order valence-electron chi connectivity index (χ1n) is 6.46. The number of rotatable bonds is 4. The molecule has 0 saturated heterocycles. The molecule has 0 bridgehead atoms. The van der Waals surface area contributed by atoms with E-state index in [4.69, 9.17) is 5.73 Å². The van der Waals surface area contributed by atoms with Crippen LogP contribution in [0.4, 0.5) is 0 Å². The van der Waals surface area contributed by atoms with Crippen LogP contribution in [0.2, 0.25) is 0 Å². The maximum Gasteiger partial charge on any atom is 0.0545 e. The van der Waals surface area contributed by atoms with Gasteiger partial charge in [-0.1, -0.05) is 46.8 Å². The van der Waals surface area contributed by atoms with Crippen molar-refractivity contribution < 1.29 is 4.21 Å². The van der Waals surface area contributed by atoms with Crippen LogP contribution in [0.5, 0.6) is 0 Å². The van der Waals surface area contributed by atoms with Gasteiger partial charge in [0.25, 0.3) is 0 Å². The van der Waals surface area contributed by atoms with Gasteiger partial charge in [0.1, 0.15) is 0 Å². The lowest BCUT2D eigenvalue weighted by molar-refractivity contribution is 0.530. The average Bonchev–Trinajstić information content (AvgIpc) is 2.27. The molecule has 18 heavy (non-hydrogen) atoms. The Morgan fingerprint density at radius 1 is 1.17 bits per heavy atom. The lowest BCUT2D eigenvalue weighted by Crippen LogP contribution is -2.32. The predicted octanol–water partition coefficient (Wildman–Crippen LogP) is 3.08. The molecule has 2 atom stereocenters. The number of hydrogen-bond acceptors (Lipinski definition) is 2. The molecule has 0 fully saturated rings. The summed E-state index contributed by atoms with van der Waals surface area (Å²) in [5.74, 6) is 0.898. The zero-order valence-electron chi connectivity index (χ0n) is 12.1. The molecule has 0 amide bonds. The molecule has 0 saturated carbocycles. The molecule has 2 N–H and O–H groups in total. The molecule has 0 radical (unpaired) electrons. The molecule has 0 aliphatic carbocycles. The molecule has 2 unspecified atom stereocenters. The Labute approximate surface area is 113 Å². The summed E-state index contributed by atoms with van der Waals surface area (Å²) in [7, 11) is -0.994. The molecular weight excluding hydrogens is 242 g/mol. The molecule has 1 rings (SSSR count). The fourth-order valence-corrected chi connectivity index (χ4v) is 2.94. The monoisotopic (exact) mass is 267 g/mol. The van der Waals surface area contributed by atoms with Crippen LogP contribution in [0.25, 0.3) is 0 Å². The highest BCUT2D eigenvalue weighted by molar-refractivity contribution is 7.85. The van der Waals surface area contributed by atoms with E-state index in [1.54, 1.807) is 0 Å². The van der Waals surface area contributed by atoms with Crippen LogP contribution in [0, 0.1) is 5.92 Å².